The van der Waals surface area contributed by atoms with Crippen LogP contribution in [0.2, 0.25) is 0 Å². The molecule has 0 unspecified atom stereocenters. The Balaban J connectivity index is 1.88. The number of rotatable bonds is 8. The van der Waals surface area contributed by atoms with Gasteiger partial charge in [0, 0.05) is 23.9 Å². The van der Waals surface area contributed by atoms with Gasteiger partial charge in [-0.3, -0.25) is 14.9 Å². The van der Waals surface area contributed by atoms with Gasteiger partial charge in [0.2, 0.25) is 11.8 Å². The fraction of sp³-hybridized carbons (Fsp3) is 0.227. The Morgan fingerprint density at radius 1 is 0.967 bits per heavy atom. The second-order valence-electron chi connectivity index (χ2n) is 6.27. The van der Waals surface area contributed by atoms with Gasteiger partial charge in [0.05, 0.1) is 14.2 Å². The van der Waals surface area contributed by atoms with E-state index in [2.05, 4.69) is 16.0 Å². The molecule has 0 radical (unpaired) electrons. The third kappa shape index (κ3) is 7.21. The molecule has 2 aromatic rings. The van der Waals surface area contributed by atoms with Crippen molar-refractivity contribution in [2.75, 3.05) is 24.9 Å². The van der Waals surface area contributed by atoms with E-state index in [9.17, 15) is 9.59 Å². The van der Waals surface area contributed by atoms with Crippen LogP contribution in [0, 0.1) is 0 Å². The van der Waals surface area contributed by atoms with Gasteiger partial charge in [-0.25, -0.2) is 0 Å². The van der Waals surface area contributed by atoms with Gasteiger partial charge in [0.25, 0.3) is 0 Å². The first-order valence-corrected chi connectivity index (χ1v) is 9.78. The first kappa shape index (κ1) is 22.9. The lowest BCUT2D eigenvalue weighted by Crippen LogP contribution is -2.32. The monoisotopic (exact) mass is 427 g/mol. The van der Waals surface area contributed by atoms with E-state index in [4.69, 9.17) is 21.7 Å². The molecule has 0 aliphatic heterocycles. The van der Waals surface area contributed by atoms with Crippen LogP contribution < -0.4 is 25.4 Å². The van der Waals surface area contributed by atoms with Crippen LogP contribution >= 0.6 is 12.2 Å². The Bertz CT molecular complexity index is 926. The molecule has 0 fully saturated rings. The molecule has 0 aliphatic rings. The number of carbonyl (C=O) groups excluding carboxylic acids is 2. The molecule has 2 amide bonds. The molecule has 3 N–H and O–H groups in total. The highest BCUT2D eigenvalue weighted by Crippen LogP contribution is 2.27. The normalized spacial score (nSPS) is 10.4. The summed E-state index contributed by atoms with van der Waals surface area (Å²) in [6.45, 7) is 1.95. The summed E-state index contributed by atoms with van der Waals surface area (Å²) in [6.07, 6.45) is 4.29. The number of nitrogens with one attached hydrogen (secondary N) is 3. The number of benzene rings is 2. The Labute approximate surface area is 181 Å². The Kier molecular flexibility index (Phi) is 8.83. The number of hydrogen-bond donors (Lipinski definition) is 3. The van der Waals surface area contributed by atoms with Crippen LogP contribution in [0.5, 0.6) is 11.5 Å². The minimum absolute atomic E-state index is 0.0257. The summed E-state index contributed by atoms with van der Waals surface area (Å²) in [5.74, 6) is 0.792. The van der Waals surface area contributed by atoms with Crippen LogP contribution in [0.4, 0.5) is 11.4 Å². The Hall–Kier alpha value is -3.39. The molecule has 0 bridgehead atoms. The molecule has 7 nitrogen and oxygen atoms in total. The zero-order valence-corrected chi connectivity index (χ0v) is 18.0. The van der Waals surface area contributed by atoms with Crippen LogP contribution in [-0.4, -0.2) is 31.1 Å². The summed E-state index contributed by atoms with van der Waals surface area (Å²) in [5, 5.41) is 8.48. The topological polar surface area (TPSA) is 88.7 Å². The van der Waals surface area contributed by atoms with Gasteiger partial charge in [-0.05, 0) is 66.7 Å². The fourth-order valence-electron chi connectivity index (χ4n) is 2.53. The number of hydrogen-bond acceptors (Lipinski definition) is 5. The highest BCUT2D eigenvalue weighted by molar-refractivity contribution is 7.80. The maximum Gasteiger partial charge on any atom is 0.250 e. The lowest BCUT2D eigenvalue weighted by atomic mass is 10.2. The van der Waals surface area contributed by atoms with Gasteiger partial charge in [-0.15, -0.1) is 0 Å². The molecule has 0 spiro atoms. The largest absolute Gasteiger partial charge is 0.493 e. The molecule has 0 aliphatic carbocycles. The van der Waals surface area contributed by atoms with Crippen molar-refractivity contribution in [3.05, 3.63) is 54.1 Å². The molecular weight excluding hydrogens is 402 g/mol. The molecular formula is C22H25N3O4S. The van der Waals surface area contributed by atoms with Crippen molar-refractivity contribution in [3.63, 3.8) is 0 Å². The minimum atomic E-state index is -0.370. The molecule has 2 rings (SSSR count). The van der Waals surface area contributed by atoms with Gasteiger partial charge >= 0.3 is 0 Å². The van der Waals surface area contributed by atoms with Crippen molar-refractivity contribution in [2.45, 2.75) is 19.8 Å². The molecule has 0 aromatic heterocycles. The van der Waals surface area contributed by atoms with E-state index in [1.807, 2.05) is 13.0 Å². The van der Waals surface area contributed by atoms with E-state index in [0.29, 0.717) is 29.3 Å². The van der Waals surface area contributed by atoms with E-state index < -0.39 is 0 Å². The van der Waals surface area contributed by atoms with Crippen molar-refractivity contribution in [1.29, 1.82) is 0 Å². The summed E-state index contributed by atoms with van der Waals surface area (Å²) < 4.78 is 10.4. The zero-order chi connectivity index (χ0) is 21.9. The van der Waals surface area contributed by atoms with Crippen LogP contribution in [0.3, 0.4) is 0 Å². The SMILES string of the molecule is CCCC(=O)Nc1ccc(NC(=S)NC(=O)/C=C/c2ccc(OC)c(OC)c2)cc1. The lowest BCUT2D eigenvalue weighted by molar-refractivity contribution is -0.116. The van der Waals surface area contributed by atoms with Crippen molar-refractivity contribution in [2.24, 2.45) is 0 Å². The minimum Gasteiger partial charge on any atom is -0.493 e. The van der Waals surface area contributed by atoms with Crippen LogP contribution in [-0.2, 0) is 9.59 Å². The van der Waals surface area contributed by atoms with E-state index >= 15 is 0 Å². The maximum absolute atomic E-state index is 12.1. The van der Waals surface area contributed by atoms with E-state index in [0.717, 1.165) is 12.0 Å². The van der Waals surface area contributed by atoms with E-state index in [1.165, 1.54) is 6.08 Å². The summed E-state index contributed by atoms with van der Waals surface area (Å²) in [4.78, 5) is 23.7. The second-order valence-corrected chi connectivity index (χ2v) is 6.67. The first-order valence-electron chi connectivity index (χ1n) is 9.37. The smallest absolute Gasteiger partial charge is 0.250 e. The molecule has 2 aromatic carbocycles. The standard InChI is InChI=1S/C22H25N3O4S/c1-4-5-20(26)23-16-8-10-17(11-9-16)24-22(30)25-21(27)13-7-15-6-12-18(28-2)19(14-15)29-3/h6-14H,4-5H2,1-3H3,(H,23,26)(H2,24,25,27,30)/b13-7+. The van der Waals surface area contributed by atoms with Crippen molar-refractivity contribution in [1.82, 2.24) is 5.32 Å². The summed E-state index contributed by atoms with van der Waals surface area (Å²) in [7, 11) is 3.11. The third-order valence-corrected chi connectivity index (χ3v) is 4.18. The lowest BCUT2D eigenvalue weighted by Gasteiger charge is -2.10. The molecule has 30 heavy (non-hydrogen) atoms. The predicted molar refractivity (Wildman–Crippen MR) is 123 cm³/mol. The van der Waals surface area contributed by atoms with Crippen LogP contribution in [0.1, 0.15) is 25.3 Å². The van der Waals surface area contributed by atoms with Gasteiger partial charge in [-0.1, -0.05) is 13.0 Å². The highest BCUT2D eigenvalue weighted by atomic mass is 32.1. The van der Waals surface area contributed by atoms with Crippen molar-refractivity contribution < 1.29 is 19.1 Å². The number of anilines is 2. The van der Waals surface area contributed by atoms with Gasteiger partial charge in [-0.2, -0.15) is 0 Å². The maximum atomic E-state index is 12.1. The summed E-state index contributed by atoms with van der Waals surface area (Å²) >= 11 is 5.17. The number of thiocarbonyl (C=S) groups is 1. The molecule has 0 atom stereocenters. The van der Waals surface area contributed by atoms with Gasteiger partial charge < -0.3 is 20.1 Å². The summed E-state index contributed by atoms with van der Waals surface area (Å²) in [5.41, 5.74) is 2.17. The molecule has 0 heterocycles. The highest BCUT2D eigenvalue weighted by Gasteiger charge is 2.05. The van der Waals surface area contributed by atoms with Gasteiger partial charge in [0.1, 0.15) is 0 Å². The number of amides is 2. The molecule has 0 saturated carbocycles. The quantitative estimate of drug-likeness (QED) is 0.436. The zero-order valence-electron chi connectivity index (χ0n) is 17.2. The predicted octanol–water partition coefficient (Wildman–Crippen LogP) is 3.97. The van der Waals surface area contributed by atoms with Crippen LogP contribution in [0.25, 0.3) is 6.08 Å². The van der Waals surface area contributed by atoms with E-state index in [-0.39, 0.29) is 16.9 Å². The number of carbonyl (C=O) groups is 2. The first-order chi connectivity index (χ1) is 14.4. The molecule has 0 saturated heterocycles. The summed E-state index contributed by atoms with van der Waals surface area (Å²) in [6, 6.07) is 12.4. The molecule has 158 valence electrons. The number of methoxy groups -OCH3 is 2. The van der Waals surface area contributed by atoms with Crippen molar-refractivity contribution in [3.8, 4) is 11.5 Å². The number of ether oxygens (including phenoxy) is 2. The average molecular weight is 428 g/mol. The van der Waals surface area contributed by atoms with Crippen LogP contribution in [0.15, 0.2) is 48.5 Å². The Morgan fingerprint density at radius 2 is 1.60 bits per heavy atom. The van der Waals surface area contributed by atoms with Gasteiger partial charge in [0.15, 0.2) is 16.6 Å². The van der Waals surface area contributed by atoms with Crippen molar-refractivity contribution >= 4 is 46.6 Å². The van der Waals surface area contributed by atoms with E-state index in [1.54, 1.807) is 56.7 Å². The molecule has 8 heteroatoms. The second kappa shape index (κ2) is 11.6. The average Bonchev–Trinajstić information content (AvgIpc) is 2.73. The third-order valence-electron chi connectivity index (χ3n) is 3.98. The Morgan fingerprint density at radius 3 is 2.20 bits per heavy atom. The fourth-order valence-corrected chi connectivity index (χ4v) is 2.75.